The number of primary sulfonamides is 1. The van der Waals surface area contributed by atoms with E-state index < -0.39 is 31.0 Å². The summed E-state index contributed by atoms with van der Waals surface area (Å²) in [6, 6.07) is 4.21. The minimum atomic E-state index is -4.31. The van der Waals surface area contributed by atoms with Crippen LogP contribution in [0.4, 0.5) is 0 Å². The molecule has 0 unspecified atom stereocenters. The summed E-state index contributed by atoms with van der Waals surface area (Å²) in [7, 11) is -8.33. The molecule has 0 saturated heterocycles. The summed E-state index contributed by atoms with van der Waals surface area (Å²) >= 11 is 0. The van der Waals surface area contributed by atoms with Gasteiger partial charge in [-0.1, -0.05) is 6.07 Å². The number of carbonyl (C=O) groups excluding carboxylic acids is 1. The summed E-state index contributed by atoms with van der Waals surface area (Å²) < 4.78 is 49.0. The Kier molecular flexibility index (Phi) is 3.55. The molecule has 0 fully saturated rings. The molecule has 0 amide bonds. The fraction of sp³-hybridized carbons (Fsp3) is 0.125. The normalized spacial score (nSPS) is 12.1. The lowest BCUT2D eigenvalue weighted by Crippen LogP contribution is -2.14. The summed E-state index contributed by atoms with van der Waals surface area (Å²) in [6.07, 6.45) is 0. The van der Waals surface area contributed by atoms with Gasteiger partial charge in [-0.25, -0.2) is 13.6 Å². The number of nitrogens with two attached hydrogens (primary N) is 1. The first-order valence-corrected chi connectivity index (χ1v) is 7.16. The lowest BCUT2D eigenvalue weighted by Gasteiger charge is -2.04. The highest BCUT2D eigenvalue weighted by Crippen LogP contribution is 2.16. The van der Waals surface area contributed by atoms with Crippen molar-refractivity contribution in [3.63, 3.8) is 0 Å². The van der Waals surface area contributed by atoms with Crippen LogP contribution in [0.15, 0.2) is 34.1 Å². The smallest absolute Gasteiger partial charge is 0.341 e. The molecule has 1 rings (SSSR count). The maximum absolute atomic E-state index is 11.4. The van der Waals surface area contributed by atoms with Crippen molar-refractivity contribution >= 4 is 26.1 Å². The van der Waals surface area contributed by atoms with Gasteiger partial charge in [-0.3, -0.25) is 4.79 Å². The van der Waals surface area contributed by atoms with Gasteiger partial charge in [0, 0.05) is 6.92 Å². The monoisotopic (exact) mass is 279 g/mol. The highest BCUT2D eigenvalue weighted by Gasteiger charge is 2.20. The van der Waals surface area contributed by atoms with Crippen LogP contribution in [0.5, 0.6) is 0 Å². The molecular formula is C8H9NO6S2. The van der Waals surface area contributed by atoms with Crippen LogP contribution < -0.4 is 5.14 Å². The Labute approximate surface area is 98.4 Å². The van der Waals surface area contributed by atoms with Crippen molar-refractivity contribution in [1.29, 1.82) is 0 Å². The van der Waals surface area contributed by atoms with Crippen molar-refractivity contribution in [2.45, 2.75) is 16.7 Å². The van der Waals surface area contributed by atoms with E-state index in [2.05, 4.69) is 4.18 Å². The Balaban J connectivity index is 3.31. The number of benzene rings is 1. The Morgan fingerprint density at radius 1 is 1.18 bits per heavy atom. The van der Waals surface area contributed by atoms with E-state index in [4.69, 9.17) is 5.14 Å². The van der Waals surface area contributed by atoms with E-state index in [0.717, 1.165) is 25.1 Å². The molecule has 0 radical (unpaired) electrons. The molecule has 0 atom stereocenters. The predicted octanol–water partition coefficient (Wildman–Crippen LogP) is -0.414. The van der Waals surface area contributed by atoms with Gasteiger partial charge in [0.05, 0.1) is 4.90 Å². The number of hydrogen-bond acceptors (Lipinski definition) is 6. The maximum Gasteiger partial charge on any atom is 0.341 e. The van der Waals surface area contributed by atoms with E-state index in [1.807, 2.05) is 0 Å². The third kappa shape index (κ3) is 3.51. The first kappa shape index (κ1) is 13.6. The van der Waals surface area contributed by atoms with E-state index in [9.17, 15) is 21.6 Å². The maximum atomic E-state index is 11.4. The van der Waals surface area contributed by atoms with Gasteiger partial charge in [-0.05, 0) is 18.2 Å². The zero-order chi connectivity index (χ0) is 13.3. The second-order valence-electron chi connectivity index (χ2n) is 3.05. The molecule has 0 aliphatic heterocycles. The Morgan fingerprint density at radius 3 is 2.18 bits per heavy atom. The average molecular weight is 279 g/mol. The van der Waals surface area contributed by atoms with E-state index in [-0.39, 0.29) is 4.90 Å². The van der Waals surface area contributed by atoms with Crippen molar-refractivity contribution in [2.24, 2.45) is 5.14 Å². The van der Waals surface area contributed by atoms with Gasteiger partial charge in [0.1, 0.15) is 4.90 Å². The zero-order valence-electron chi connectivity index (χ0n) is 8.65. The Bertz CT molecular complexity index is 646. The van der Waals surface area contributed by atoms with Crippen molar-refractivity contribution in [2.75, 3.05) is 0 Å². The number of sulfonamides is 1. The molecule has 0 aliphatic rings. The molecule has 0 saturated carbocycles. The summed E-state index contributed by atoms with van der Waals surface area (Å²) in [5, 5.41) is 4.84. The van der Waals surface area contributed by atoms with Crippen molar-refractivity contribution < 1.29 is 25.8 Å². The van der Waals surface area contributed by atoms with Crippen LogP contribution >= 0.6 is 0 Å². The Hall–Kier alpha value is -1.45. The van der Waals surface area contributed by atoms with Crippen LogP contribution in [0.2, 0.25) is 0 Å². The summed E-state index contributed by atoms with van der Waals surface area (Å²) in [4.78, 5) is 9.73. The highest BCUT2D eigenvalue weighted by atomic mass is 32.2. The Morgan fingerprint density at radius 2 is 1.71 bits per heavy atom. The second-order valence-corrected chi connectivity index (χ2v) is 6.16. The summed E-state index contributed by atoms with van der Waals surface area (Å²) in [5.74, 6) is -1.02. The standard InChI is InChI=1S/C8H9NO6S2/c1-6(10)15-17(13,14)8-4-2-3-7(5-8)16(9,11)12/h2-5H,1H3,(H2,9,11,12). The number of rotatable bonds is 3. The highest BCUT2D eigenvalue weighted by molar-refractivity contribution is 7.89. The molecule has 0 aromatic heterocycles. The quantitative estimate of drug-likeness (QED) is 0.750. The van der Waals surface area contributed by atoms with Crippen LogP contribution in [0, 0.1) is 0 Å². The predicted molar refractivity (Wildman–Crippen MR) is 56.8 cm³/mol. The average Bonchev–Trinajstić information content (AvgIpc) is 2.14. The lowest BCUT2D eigenvalue weighted by molar-refractivity contribution is -0.131. The minimum Gasteiger partial charge on any atom is -0.343 e. The van der Waals surface area contributed by atoms with Crippen LogP contribution in [0.25, 0.3) is 0 Å². The van der Waals surface area contributed by atoms with Crippen molar-refractivity contribution in [3.8, 4) is 0 Å². The fourth-order valence-corrected chi connectivity index (χ4v) is 2.57. The van der Waals surface area contributed by atoms with Crippen LogP contribution in [0.1, 0.15) is 6.92 Å². The van der Waals surface area contributed by atoms with E-state index in [1.54, 1.807) is 0 Å². The minimum absolute atomic E-state index is 0.384. The van der Waals surface area contributed by atoms with Crippen molar-refractivity contribution in [1.82, 2.24) is 0 Å². The molecule has 1 aromatic rings. The van der Waals surface area contributed by atoms with Crippen LogP contribution in [0.3, 0.4) is 0 Å². The van der Waals surface area contributed by atoms with Gasteiger partial charge < -0.3 is 4.18 Å². The molecule has 7 nitrogen and oxygen atoms in total. The molecule has 0 bridgehead atoms. The van der Waals surface area contributed by atoms with Gasteiger partial charge in [0.25, 0.3) is 0 Å². The number of hydrogen-bond donors (Lipinski definition) is 1. The largest absolute Gasteiger partial charge is 0.343 e. The molecule has 0 heterocycles. The molecule has 0 spiro atoms. The lowest BCUT2D eigenvalue weighted by atomic mass is 10.4. The molecule has 9 heteroatoms. The third-order valence-corrected chi connectivity index (χ3v) is 3.85. The first-order valence-electron chi connectivity index (χ1n) is 4.21. The molecular weight excluding hydrogens is 270 g/mol. The molecule has 17 heavy (non-hydrogen) atoms. The van der Waals surface area contributed by atoms with E-state index >= 15 is 0 Å². The molecule has 1 aromatic carbocycles. The topological polar surface area (TPSA) is 121 Å². The molecule has 0 aliphatic carbocycles. The third-order valence-electron chi connectivity index (χ3n) is 1.65. The zero-order valence-corrected chi connectivity index (χ0v) is 10.3. The molecule has 2 N–H and O–H groups in total. The van der Waals surface area contributed by atoms with Gasteiger partial charge in [0.2, 0.25) is 10.0 Å². The summed E-state index contributed by atoms with van der Waals surface area (Å²) in [5.41, 5.74) is 0. The van der Waals surface area contributed by atoms with Crippen LogP contribution in [-0.4, -0.2) is 22.8 Å². The van der Waals surface area contributed by atoms with E-state index in [0.29, 0.717) is 0 Å². The van der Waals surface area contributed by atoms with Gasteiger partial charge in [-0.15, -0.1) is 0 Å². The van der Waals surface area contributed by atoms with Crippen LogP contribution in [-0.2, 0) is 29.1 Å². The van der Waals surface area contributed by atoms with E-state index in [1.165, 1.54) is 6.07 Å². The van der Waals surface area contributed by atoms with Gasteiger partial charge in [0.15, 0.2) is 0 Å². The second kappa shape index (κ2) is 4.43. The fourth-order valence-electron chi connectivity index (χ4n) is 1.01. The SMILES string of the molecule is CC(=O)OS(=O)(=O)c1cccc(S(N)(=O)=O)c1. The first-order chi connectivity index (χ1) is 7.63. The van der Waals surface area contributed by atoms with Gasteiger partial charge >= 0.3 is 16.1 Å². The van der Waals surface area contributed by atoms with Crippen molar-refractivity contribution in [3.05, 3.63) is 24.3 Å². The molecule has 94 valence electrons. The summed E-state index contributed by atoms with van der Waals surface area (Å²) in [6.45, 7) is 0.918. The van der Waals surface area contributed by atoms with Gasteiger partial charge in [-0.2, -0.15) is 8.42 Å². The number of carbonyl (C=O) groups is 1.